The minimum atomic E-state index is -0.969. The third-order valence-electron chi connectivity index (χ3n) is 9.79. The fourth-order valence-electron chi connectivity index (χ4n) is 7.02. The predicted molar refractivity (Wildman–Crippen MR) is 137 cm³/mol. The van der Waals surface area contributed by atoms with Crippen LogP contribution in [-0.4, -0.2) is 95.4 Å². The maximum absolute atomic E-state index is 13.1. The quantitative estimate of drug-likeness (QED) is 0.250. The number of aliphatic hydroxyl groups excluding tert-OH is 3. The molecule has 5 rings (SSSR count). The molecule has 2 aliphatic carbocycles. The Hall–Kier alpha value is -2.08. The standard InChI is InChI=1S/C29H40O10/c1-16-9-23-28(12-19(16)31)14-36-26(34)10-17(2)20(32)13-35-21(18(3)30)7-5-6-8-25(33)39-22-11-24(38-23)29(15-37-29)27(22,28)4/h5-9,17-24,30-32H,10-15H2,1-4H3/b7-5+,8-6-/t17-,18-,19+,20-,21+,22+,23+,24+,27+,28+,29+/m0/s1. The van der Waals surface area contributed by atoms with Crippen LogP contribution in [0.15, 0.2) is 36.0 Å². The lowest BCUT2D eigenvalue weighted by Gasteiger charge is -2.58. The molecule has 0 radical (unpaired) electrons. The first-order chi connectivity index (χ1) is 18.4. The third-order valence-corrected chi connectivity index (χ3v) is 9.79. The Morgan fingerprint density at radius 3 is 2.56 bits per heavy atom. The number of hydrogen-bond donors (Lipinski definition) is 3. The number of aliphatic hydroxyl groups is 3. The molecule has 5 aliphatic rings. The Labute approximate surface area is 228 Å². The lowest BCUT2D eigenvalue weighted by atomic mass is 9.51. The molecule has 0 aromatic heterocycles. The van der Waals surface area contributed by atoms with Crippen LogP contribution in [0.5, 0.6) is 0 Å². The van der Waals surface area contributed by atoms with E-state index in [1.807, 2.05) is 19.9 Å². The molecule has 3 aliphatic heterocycles. The Bertz CT molecular complexity index is 1060. The number of esters is 2. The molecule has 0 aromatic rings. The minimum Gasteiger partial charge on any atom is -0.465 e. The van der Waals surface area contributed by atoms with E-state index < -0.39 is 70.9 Å². The maximum atomic E-state index is 13.1. The number of carbonyl (C=O) groups is 2. The summed E-state index contributed by atoms with van der Waals surface area (Å²) in [6.07, 6.45) is 3.77. The van der Waals surface area contributed by atoms with Gasteiger partial charge in [0.1, 0.15) is 24.4 Å². The molecule has 3 N–H and O–H groups in total. The van der Waals surface area contributed by atoms with Gasteiger partial charge < -0.3 is 39.0 Å². The van der Waals surface area contributed by atoms with Gasteiger partial charge in [0.25, 0.3) is 0 Å². The van der Waals surface area contributed by atoms with Crippen molar-refractivity contribution in [3.63, 3.8) is 0 Å². The highest BCUT2D eigenvalue weighted by Gasteiger charge is 2.83. The number of ether oxygens (including phenoxy) is 5. The summed E-state index contributed by atoms with van der Waals surface area (Å²) in [4.78, 5) is 26.0. The van der Waals surface area contributed by atoms with Gasteiger partial charge in [-0.25, -0.2) is 4.79 Å². The van der Waals surface area contributed by atoms with Gasteiger partial charge in [-0.15, -0.1) is 0 Å². The Balaban J connectivity index is 1.52. The summed E-state index contributed by atoms with van der Waals surface area (Å²) < 4.78 is 30.2. The first kappa shape index (κ1) is 28.4. The zero-order chi connectivity index (χ0) is 28.2. The molecule has 2 bridgehead atoms. The molecule has 0 amide bonds. The second-order valence-corrected chi connectivity index (χ2v) is 12.1. The largest absolute Gasteiger partial charge is 0.465 e. The number of allylic oxidation sites excluding steroid dienone is 2. The summed E-state index contributed by atoms with van der Waals surface area (Å²) in [6, 6.07) is 0. The molecule has 1 saturated carbocycles. The van der Waals surface area contributed by atoms with Crippen molar-refractivity contribution in [2.45, 2.75) is 95.3 Å². The summed E-state index contributed by atoms with van der Waals surface area (Å²) >= 11 is 0. The number of rotatable bonds is 1. The van der Waals surface area contributed by atoms with Gasteiger partial charge in [0.2, 0.25) is 0 Å². The lowest BCUT2D eigenvalue weighted by Crippen LogP contribution is -2.68. The molecular formula is C29H40O10. The van der Waals surface area contributed by atoms with E-state index >= 15 is 0 Å². The zero-order valence-corrected chi connectivity index (χ0v) is 22.9. The van der Waals surface area contributed by atoms with Crippen LogP contribution in [0.4, 0.5) is 0 Å². The molecule has 39 heavy (non-hydrogen) atoms. The summed E-state index contributed by atoms with van der Waals surface area (Å²) in [5.74, 6) is -1.53. The first-order valence-corrected chi connectivity index (χ1v) is 13.8. The molecule has 216 valence electrons. The van der Waals surface area contributed by atoms with E-state index in [4.69, 9.17) is 23.7 Å². The first-order valence-electron chi connectivity index (χ1n) is 13.8. The summed E-state index contributed by atoms with van der Waals surface area (Å²) in [5.41, 5.74) is -1.66. The van der Waals surface area contributed by atoms with Gasteiger partial charge in [-0.3, -0.25) is 4.79 Å². The van der Waals surface area contributed by atoms with Crippen molar-refractivity contribution in [1.82, 2.24) is 0 Å². The van der Waals surface area contributed by atoms with Crippen LogP contribution in [0.1, 0.15) is 47.0 Å². The van der Waals surface area contributed by atoms with Crippen LogP contribution in [-0.2, 0) is 33.3 Å². The van der Waals surface area contributed by atoms with Crippen molar-refractivity contribution in [2.24, 2.45) is 16.7 Å². The van der Waals surface area contributed by atoms with Crippen molar-refractivity contribution in [1.29, 1.82) is 0 Å². The second kappa shape index (κ2) is 10.4. The van der Waals surface area contributed by atoms with E-state index in [1.54, 1.807) is 26.0 Å². The van der Waals surface area contributed by atoms with E-state index in [0.717, 1.165) is 5.57 Å². The topological polar surface area (TPSA) is 144 Å². The number of epoxide rings is 1. The molecular weight excluding hydrogens is 508 g/mol. The van der Waals surface area contributed by atoms with Gasteiger partial charge in [-0.1, -0.05) is 38.2 Å². The van der Waals surface area contributed by atoms with Crippen molar-refractivity contribution in [3.8, 4) is 0 Å². The summed E-state index contributed by atoms with van der Waals surface area (Å²) in [6.45, 7) is 7.40. The van der Waals surface area contributed by atoms with Gasteiger partial charge in [-0.05, 0) is 31.8 Å². The van der Waals surface area contributed by atoms with Gasteiger partial charge in [0.05, 0.1) is 55.6 Å². The third kappa shape index (κ3) is 4.69. The van der Waals surface area contributed by atoms with Crippen molar-refractivity contribution < 1.29 is 48.6 Å². The molecule has 2 spiro atoms. The summed E-state index contributed by atoms with van der Waals surface area (Å²) in [5, 5.41) is 31.7. The van der Waals surface area contributed by atoms with E-state index in [0.29, 0.717) is 13.0 Å². The number of hydrogen-bond acceptors (Lipinski definition) is 10. The highest BCUT2D eigenvalue weighted by atomic mass is 16.6. The van der Waals surface area contributed by atoms with Crippen molar-refractivity contribution in [3.05, 3.63) is 36.0 Å². The fraction of sp³-hybridized carbons (Fsp3) is 0.724. The molecule has 2 saturated heterocycles. The molecule has 0 aromatic carbocycles. The smallest absolute Gasteiger partial charge is 0.331 e. The average Bonchev–Trinajstić information content (AvgIpc) is 3.65. The molecule has 10 nitrogen and oxygen atoms in total. The highest BCUT2D eigenvalue weighted by molar-refractivity contribution is 5.82. The number of carbonyl (C=O) groups excluding carboxylic acids is 2. The van der Waals surface area contributed by atoms with Gasteiger partial charge >= 0.3 is 11.9 Å². The molecule has 3 heterocycles. The SMILES string of the molecule is CC1=C[C@H]2O[C@@H]3C[C@H]4OC(=O)/C=C\C=C\[C@H]([C@H](C)O)OC[C@H](O)[C@@H](C)CC(=O)OC[C@@]2(C[C@H]1O)[C@]4(C)[C@@]31CO1. The zero-order valence-electron chi connectivity index (χ0n) is 22.9. The number of cyclic esters (lactones) is 1. The van der Waals surface area contributed by atoms with Crippen LogP contribution in [0.3, 0.4) is 0 Å². The van der Waals surface area contributed by atoms with E-state index in [2.05, 4.69) is 0 Å². The minimum absolute atomic E-state index is 0.0547. The Morgan fingerprint density at radius 2 is 1.87 bits per heavy atom. The van der Waals surface area contributed by atoms with E-state index in [9.17, 15) is 24.9 Å². The average molecular weight is 549 g/mol. The van der Waals surface area contributed by atoms with Crippen molar-refractivity contribution >= 4 is 11.9 Å². The molecule has 3 fully saturated rings. The maximum Gasteiger partial charge on any atom is 0.331 e. The van der Waals surface area contributed by atoms with E-state index in [1.165, 1.54) is 12.2 Å². The van der Waals surface area contributed by atoms with Crippen LogP contribution >= 0.6 is 0 Å². The van der Waals surface area contributed by atoms with Gasteiger partial charge in [-0.2, -0.15) is 0 Å². The van der Waals surface area contributed by atoms with Crippen LogP contribution < -0.4 is 0 Å². The fourth-order valence-corrected chi connectivity index (χ4v) is 7.02. The van der Waals surface area contributed by atoms with Crippen LogP contribution in [0.25, 0.3) is 0 Å². The molecule has 10 heteroatoms. The predicted octanol–water partition coefficient (Wildman–Crippen LogP) is 1.36. The molecule has 0 unspecified atom stereocenters. The van der Waals surface area contributed by atoms with Crippen LogP contribution in [0.2, 0.25) is 0 Å². The Kier molecular flexibility index (Phi) is 7.58. The Morgan fingerprint density at radius 1 is 1.13 bits per heavy atom. The molecule has 11 atom stereocenters. The van der Waals surface area contributed by atoms with Crippen LogP contribution in [0, 0.1) is 16.7 Å². The van der Waals surface area contributed by atoms with Crippen molar-refractivity contribution in [2.75, 3.05) is 19.8 Å². The van der Waals surface area contributed by atoms with Gasteiger partial charge in [0.15, 0.2) is 0 Å². The monoisotopic (exact) mass is 548 g/mol. The normalized spacial score (nSPS) is 49.0. The second-order valence-electron chi connectivity index (χ2n) is 12.1. The van der Waals surface area contributed by atoms with E-state index in [-0.39, 0.29) is 32.2 Å². The van der Waals surface area contributed by atoms with Gasteiger partial charge in [0, 0.05) is 17.9 Å². The summed E-state index contributed by atoms with van der Waals surface area (Å²) in [7, 11) is 0. The lowest BCUT2D eigenvalue weighted by molar-refractivity contribution is -0.239. The highest BCUT2D eigenvalue weighted by Crippen LogP contribution is 2.72.